The predicted molar refractivity (Wildman–Crippen MR) is 50.6 cm³/mol. The number of aryl methyl sites for hydroxylation is 1. The van der Waals surface area contributed by atoms with Crippen molar-refractivity contribution < 1.29 is 4.79 Å². The van der Waals surface area contributed by atoms with E-state index in [4.69, 9.17) is 0 Å². The molecule has 64 valence electrons. The Labute approximate surface area is 76.1 Å². The molecule has 0 N–H and O–H groups in total. The van der Waals surface area contributed by atoms with Crippen molar-refractivity contribution in [2.24, 2.45) is 0 Å². The fraction of sp³-hybridized carbons (Fsp3) is 0.333. The molecule has 0 saturated carbocycles. The van der Waals surface area contributed by atoms with Crippen LogP contribution in [-0.2, 0) is 0 Å². The molecule has 0 aliphatic heterocycles. The number of ketones is 1. The van der Waals surface area contributed by atoms with E-state index in [9.17, 15) is 4.79 Å². The van der Waals surface area contributed by atoms with Gasteiger partial charge in [-0.15, -0.1) is 0 Å². The average molecular weight is 181 g/mol. The molecule has 0 saturated heterocycles. The lowest BCUT2D eigenvalue weighted by Gasteiger charge is -1.84. The minimum absolute atomic E-state index is 0.0578. The van der Waals surface area contributed by atoms with Crippen LogP contribution in [0.5, 0.6) is 0 Å². The van der Waals surface area contributed by atoms with E-state index >= 15 is 0 Å². The Morgan fingerprint density at radius 3 is 3.00 bits per heavy atom. The maximum atomic E-state index is 11.3. The summed E-state index contributed by atoms with van der Waals surface area (Å²) in [5.41, 5.74) is 0.910. The van der Waals surface area contributed by atoms with Crippen LogP contribution in [0.4, 0.5) is 0 Å². The largest absolute Gasteiger partial charge is 0.288 e. The first-order chi connectivity index (χ1) is 5.74. The molecule has 0 aliphatic rings. The highest BCUT2D eigenvalue weighted by atomic mass is 32.1. The first-order valence-corrected chi connectivity index (χ1v) is 4.65. The third-order valence-electron chi connectivity index (χ3n) is 1.38. The summed E-state index contributed by atoms with van der Waals surface area (Å²) in [6.45, 7) is 3.89. The highest BCUT2D eigenvalue weighted by Crippen LogP contribution is 2.10. The van der Waals surface area contributed by atoms with Crippen LogP contribution in [-0.4, -0.2) is 10.2 Å². The Balaban J connectivity index is 2.72. The summed E-state index contributed by atoms with van der Waals surface area (Å²) in [5.74, 6) is 0.0578. The van der Waals surface area contributed by atoms with Crippen LogP contribution in [0, 0.1) is 6.92 Å². The van der Waals surface area contributed by atoms with Crippen molar-refractivity contribution in [1.82, 2.24) is 4.37 Å². The van der Waals surface area contributed by atoms with Crippen molar-refractivity contribution in [3.8, 4) is 0 Å². The molecule has 0 unspecified atom stereocenters. The molecule has 0 amide bonds. The van der Waals surface area contributed by atoms with Crippen molar-refractivity contribution in [1.29, 1.82) is 0 Å². The normalized spacial score (nSPS) is 10.8. The zero-order valence-electron chi connectivity index (χ0n) is 7.20. The van der Waals surface area contributed by atoms with Crippen LogP contribution in [0.3, 0.4) is 0 Å². The topological polar surface area (TPSA) is 30.0 Å². The minimum Gasteiger partial charge on any atom is -0.288 e. The van der Waals surface area contributed by atoms with Crippen LogP contribution < -0.4 is 0 Å². The van der Waals surface area contributed by atoms with E-state index in [1.54, 1.807) is 6.08 Å². The van der Waals surface area contributed by atoms with Gasteiger partial charge in [0.05, 0.1) is 10.6 Å². The van der Waals surface area contributed by atoms with E-state index in [-0.39, 0.29) is 5.78 Å². The number of aromatic nitrogens is 1. The average Bonchev–Trinajstić information content (AvgIpc) is 2.47. The lowest BCUT2D eigenvalue weighted by molar-refractivity contribution is 0.105. The fourth-order valence-electron chi connectivity index (χ4n) is 0.787. The Bertz CT molecular complexity index is 301. The van der Waals surface area contributed by atoms with Gasteiger partial charge in [0.1, 0.15) is 0 Å². The summed E-state index contributed by atoms with van der Waals surface area (Å²) in [5, 5.41) is 0. The zero-order valence-corrected chi connectivity index (χ0v) is 8.02. The van der Waals surface area contributed by atoms with Crippen LogP contribution in [0.1, 0.15) is 28.7 Å². The summed E-state index contributed by atoms with van der Waals surface area (Å²) < 4.78 is 4.03. The smallest absolute Gasteiger partial charge is 0.197 e. The van der Waals surface area contributed by atoms with Crippen LogP contribution in [0.25, 0.3) is 0 Å². The number of carbonyl (C=O) groups excluding carboxylic acids is 1. The molecule has 12 heavy (non-hydrogen) atoms. The number of hydrogen-bond acceptors (Lipinski definition) is 3. The number of nitrogens with zero attached hydrogens (tertiary/aromatic N) is 1. The molecule has 3 heteroatoms. The molecule has 0 radical (unpaired) electrons. The Kier molecular flexibility index (Phi) is 3.17. The Morgan fingerprint density at radius 1 is 1.75 bits per heavy atom. The molecule has 0 atom stereocenters. The van der Waals surface area contributed by atoms with Crippen molar-refractivity contribution in [3.63, 3.8) is 0 Å². The first-order valence-electron chi connectivity index (χ1n) is 3.88. The van der Waals surface area contributed by atoms with Gasteiger partial charge >= 0.3 is 0 Å². The van der Waals surface area contributed by atoms with Crippen LogP contribution >= 0.6 is 11.5 Å². The molecule has 0 fully saturated rings. The molecule has 0 bridgehead atoms. The molecule has 1 heterocycles. The minimum atomic E-state index is 0.0578. The second-order valence-corrected chi connectivity index (χ2v) is 3.31. The molecule has 0 spiro atoms. The van der Waals surface area contributed by atoms with Gasteiger partial charge in [0, 0.05) is 0 Å². The number of allylic oxidation sites excluding steroid dienone is 2. The summed E-state index contributed by atoms with van der Waals surface area (Å²) >= 11 is 1.26. The van der Waals surface area contributed by atoms with Crippen LogP contribution in [0.2, 0.25) is 0 Å². The fourth-order valence-corrected chi connectivity index (χ4v) is 1.46. The molecular weight excluding hydrogens is 170 g/mol. The SMILES string of the molecule is CC/C=C/C(=O)c1cc(C)ns1. The molecule has 2 nitrogen and oxygen atoms in total. The molecule has 0 aliphatic carbocycles. The predicted octanol–water partition coefficient (Wildman–Crippen LogP) is 2.60. The molecular formula is C9H11NOS. The third kappa shape index (κ3) is 2.27. The number of hydrogen-bond donors (Lipinski definition) is 0. The van der Waals surface area contributed by atoms with Crippen molar-refractivity contribution in [2.75, 3.05) is 0 Å². The molecule has 0 aromatic carbocycles. The van der Waals surface area contributed by atoms with Gasteiger partial charge in [-0.2, -0.15) is 4.37 Å². The maximum absolute atomic E-state index is 11.3. The van der Waals surface area contributed by atoms with Gasteiger partial charge in [-0.25, -0.2) is 0 Å². The maximum Gasteiger partial charge on any atom is 0.197 e. The quantitative estimate of drug-likeness (QED) is 0.530. The summed E-state index contributed by atoms with van der Waals surface area (Å²) in [4.78, 5) is 12.0. The van der Waals surface area contributed by atoms with E-state index in [0.29, 0.717) is 0 Å². The Hall–Kier alpha value is -0.960. The molecule has 1 aromatic rings. The van der Waals surface area contributed by atoms with Gasteiger partial charge in [0.15, 0.2) is 5.78 Å². The lowest BCUT2D eigenvalue weighted by Crippen LogP contribution is -1.88. The first kappa shape index (κ1) is 9.13. The second-order valence-electron chi connectivity index (χ2n) is 2.51. The van der Waals surface area contributed by atoms with E-state index in [1.807, 2.05) is 26.0 Å². The second kappa shape index (κ2) is 4.16. The lowest BCUT2D eigenvalue weighted by atomic mass is 10.2. The summed E-state index contributed by atoms with van der Waals surface area (Å²) in [6, 6.07) is 1.81. The zero-order chi connectivity index (χ0) is 8.97. The third-order valence-corrected chi connectivity index (χ3v) is 2.27. The number of rotatable bonds is 3. The van der Waals surface area contributed by atoms with Gasteiger partial charge in [-0.1, -0.05) is 13.0 Å². The van der Waals surface area contributed by atoms with E-state index in [0.717, 1.165) is 17.0 Å². The number of carbonyl (C=O) groups is 1. The van der Waals surface area contributed by atoms with Gasteiger partial charge < -0.3 is 0 Å². The highest BCUT2D eigenvalue weighted by Gasteiger charge is 2.04. The van der Waals surface area contributed by atoms with Gasteiger partial charge in [-0.05, 0) is 37.0 Å². The molecule has 1 aromatic heterocycles. The van der Waals surface area contributed by atoms with Gasteiger partial charge in [-0.3, -0.25) is 4.79 Å². The van der Waals surface area contributed by atoms with Gasteiger partial charge in [0.2, 0.25) is 0 Å². The van der Waals surface area contributed by atoms with Crippen molar-refractivity contribution in [3.05, 3.63) is 28.8 Å². The van der Waals surface area contributed by atoms with Gasteiger partial charge in [0.25, 0.3) is 0 Å². The van der Waals surface area contributed by atoms with E-state index < -0.39 is 0 Å². The van der Waals surface area contributed by atoms with Crippen molar-refractivity contribution in [2.45, 2.75) is 20.3 Å². The van der Waals surface area contributed by atoms with Crippen LogP contribution in [0.15, 0.2) is 18.2 Å². The van der Waals surface area contributed by atoms with E-state index in [1.165, 1.54) is 11.5 Å². The highest BCUT2D eigenvalue weighted by molar-refractivity contribution is 7.08. The monoisotopic (exact) mass is 181 g/mol. The standard InChI is InChI=1S/C9H11NOS/c1-3-4-5-8(11)9-6-7(2)10-12-9/h4-6H,3H2,1-2H3/b5-4+. The van der Waals surface area contributed by atoms with Crippen molar-refractivity contribution >= 4 is 17.3 Å². The van der Waals surface area contributed by atoms with E-state index in [2.05, 4.69) is 4.37 Å². The summed E-state index contributed by atoms with van der Waals surface area (Å²) in [6.07, 6.45) is 4.36. The Morgan fingerprint density at radius 2 is 2.50 bits per heavy atom. The summed E-state index contributed by atoms with van der Waals surface area (Å²) in [7, 11) is 0. The molecule has 1 rings (SSSR count).